The van der Waals surface area contributed by atoms with E-state index in [9.17, 15) is 13.2 Å². The second kappa shape index (κ2) is 6.20. The number of anilines is 1. The van der Waals surface area contributed by atoms with Crippen molar-refractivity contribution in [3.05, 3.63) is 29.8 Å². The summed E-state index contributed by atoms with van der Waals surface area (Å²) in [5.74, 6) is -0.562. The van der Waals surface area contributed by atoms with Gasteiger partial charge in [-0.1, -0.05) is 13.0 Å². The van der Waals surface area contributed by atoms with Crippen molar-refractivity contribution in [2.24, 2.45) is 0 Å². The van der Waals surface area contributed by atoms with E-state index in [2.05, 4.69) is 9.46 Å². The van der Waals surface area contributed by atoms with E-state index < -0.39 is 21.2 Å². The predicted molar refractivity (Wildman–Crippen MR) is 70.0 cm³/mol. The maximum Gasteiger partial charge on any atom is 0.337 e. The number of hydrogen-bond donors (Lipinski definition) is 1. The molecule has 0 spiro atoms. The van der Waals surface area contributed by atoms with E-state index >= 15 is 0 Å². The molecule has 19 heavy (non-hydrogen) atoms. The van der Waals surface area contributed by atoms with Crippen LogP contribution >= 0.6 is 0 Å². The average Bonchev–Trinajstić information content (AvgIpc) is 2.38. The van der Waals surface area contributed by atoms with Gasteiger partial charge in [0.05, 0.1) is 18.7 Å². The number of carbonyl (C=O) groups excluding carboxylic acids is 1. The quantitative estimate of drug-likeness (QED) is 0.826. The normalized spacial score (nSPS) is 12.3. The Hall–Kier alpha value is -2.07. The highest BCUT2D eigenvalue weighted by molar-refractivity contribution is 7.93. The summed E-state index contributed by atoms with van der Waals surface area (Å²) in [5, 5.41) is 7.65. The summed E-state index contributed by atoms with van der Waals surface area (Å²) in [6.07, 6.45) is 0.183. The van der Waals surface area contributed by atoms with Crippen LogP contribution in [-0.2, 0) is 14.8 Å². The molecule has 6 nitrogen and oxygen atoms in total. The van der Waals surface area contributed by atoms with Crippen LogP contribution in [0.3, 0.4) is 0 Å². The molecule has 0 aliphatic heterocycles. The van der Waals surface area contributed by atoms with Gasteiger partial charge in [0.25, 0.3) is 0 Å². The van der Waals surface area contributed by atoms with Crippen LogP contribution < -0.4 is 4.72 Å². The molecule has 0 saturated carbocycles. The van der Waals surface area contributed by atoms with Crippen LogP contribution in [0.2, 0.25) is 0 Å². The van der Waals surface area contributed by atoms with Crippen LogP contribution in [-0.4, -0.2) is 26.7 Å². The molecule has 1 N–H and O–H groups in total. The summed E-state index contributed by atoms with van der Waals surface area (Å²) in [6.45, 7) is 1.61. The van der Waals surface area contributed by atoms with Crippen LogP contribution in [0, 0.1) is 11.3 Å². The zero-order valence-corrected chi connectivity index (χ0v) is 11.4. The molecule has 0 aliphatic carbocycles. The molecule has 0 bridgehead atoms. The third-order valence-corrected chi connectivity index (χ3v) is 4.14. The summed E-state index contributed by atoms with van der Waals surface area (Å²) in [5.41, 5.74) is 0.448. The average molecular weight is 282 g/mol. The lowest BCUT2D eigenvalue weighted by Gasteiger charge is -2.11. The third kappa shape index (κ3) is 3.69. The first-order valence-electron chi connectivity index (χ1n) is 5.54. The Kier molecular flexibility index (Phi) is 4.89. The smallest absolute Gasteiger partial charge is 0.337 e. The maximum absolute atomic E-state index is 11.9. The van der Waals surface area contributed by atoms with Crippen molar-refractivity contribution in [1.29, 1.82) is 5.26 Å². The molecule has 1 atom stereocenters. The number of esters is 1. The fraction of sp³-hybridized carbons (Fsp3) is 0.333. The highest BCUT2D eigenvalue weighted by atomic mass is 32.2. The number of rotatable bonds is 5. The van der Waals surface area contributed by atoms with Crippen LogP contribution in [0.5, 0.6) is 0 Å². The van der Waals surface area contributed by atoms with E-state index in [0.717, 1.165) is 0 Å². The Morgan fingerprint density at radius 2 is 2.21 bits per heavy atom. The number of hydrogen-bond acceptors (Lipinski definition) is 5. The molecule has 102 valence electrons. The molecular weight excluding hydrogens is 268 g/mol. The first-order chi connectivity index (χ1) is 8.94. The molecular formula is C12H14N2O4S. The molecule has 0 aliphatic rings. The van der Waals surface area contributed by atoms with E-state index in [1.165, 1.54) is 31.4 Å². The van der Waals surface area contributed by atoms with Gasteiger partial charge in [-0.05, 0) is 24.6 Å². The first kappa shape index (κ1) is 15.0. The molecule has 0 fully saturated rings. The van der Waals surface area contributed by atoms with Gasteiger partial charge in [-0.3, -0.25) is 4.72 Å². The molecule has 1 unspecified atom stereocenters. The van der Waals surface area contributed by atoms with Crippen molar-refractivity contribution in [3.63, 3.8) is 0 Å². The standard InChI is InChI=1S/C12H14N2O4S/c1-3-11(8-13)19(16,17)14-10-6-4-5-9(7-10)12(15)18-2/h4-7,11,14H,3H2,1-2H3. The minimum absolute atomic E-state index is 0.183. The van der Waals surface area contributed by atoms with Crippen molar-refractivity contribution in [1.82, 2.24) is 0 Å². The van der Waals surface area contributed by atoms with Gasteiger partial charge in [0, 0.05) is 5.69 Å². The zero-order valence-electron chi connectivity index (χ0n) is 10.6. The largest absolute Gasteiger partial charge is 0.465 e. The summed E-state index contributed by atoms with van der Waals surface area (Å²) >= 11 is 0. The number of nitriles is 1. The Balaban J connectivity index is 3.01. The Morgan fingerprint density at radius 1 is 1.53 bits per heavy atom. The summed E-state index contributed by atoms with van der Waals surface area (Å²) < 4.78 is 30.6. The van der Waals surface area contributed by atoms with Gasteiger partial charge in [-0.25, -0.2) is 13.2 Å². The topological polar surface area (TPSA) is 96.3 Å². The van der Waals surface area contributed by atoms with Gasteiger partial charge in [0.2, 0.25) is 10.0 Å². The Morgan fingerprint density at radius 3 is 2.74 bits per heavy atom. The van der Waals surface area contributed by atoms with Gasteiger partial charge in [0.15, 0.2) is 5.25 Å². The number of nitrogens with one attached hydrogen (secondary N) is 1. The van der Waals surface area contributed by atoms with Crippen molar-refractivity contribution < 1.29 is 17.9 Å². The molecule has 0 saturated heterocycles. The summed E-state index contributed by atoms with van der Waals surface area (Å²) in [4.78, 5) is 11.3. The van der Waals surface area contributed by atoms with E-state index in [1.54, 1.807) is 13.0 Å². The van der Waals surface area contributed by atoms with Crippen LogP contribution in [0.15, 0.2) is 24.3 Å². The fourth-order valence-electron chi connectivity index (χ4n) is 1.44. The van der Waals surface area contributed by atoms with E-state index in [4.69, 9.17) is 5.26 Å². The van der Waals surface area contributed by atoms with Gasteiger partial charge >= 0.3 is 5.97 Å². The lowest BCUT2D eigenvalue weighted by atomic mass is 10.2. The molecule has 0 radical (unpaired) electrons. The van der Waals surface area contributed by atoms with Crippen molar-refractivity contribution in [2.45, 2.75) is 18.6 Å². The van der Waals surface area contributed by atoms with E-state index in [-0.39, 0.29) is 17.7 Å². The number of ether oxygens (including phenoxy) is 1. The number of methoxy groups -OCH3 is 1. The van der Waals surface area contributed by atoms with Crippen molar-refractivity contribution in [2.75, 3.05) is 11.8 Å². The monoisotopic (exact) mass is 282 g/mol. The fourth-order valence-corrected chi connectivity index (χ4v) is 2.62. The Labute approximate surface area is 112 Å². The zero-order chi connectivity index (χ0) is 14.5. The molecule has 1 rings (SSSR count). The second-order valence-corrected chi connectivity index (χ2v) is 5.61. The van der Waals surface area contributed by atoms with Crippen molar-refractivity contribution >= 4 is 21.7 Å². The molecule has 0 aromatic heterocycles. The highest BCUT2D eigenvalue weighted by Gasteiger charge is 2.23. The first-order valence-corrected chi connectivity index (χ1v) is 7.08. The van der Waals surface area contributed by atoms with Gasteiger partial charge in [-0.2, -0.15) is 5.26 Å². The number of nitrogens with zero attached hydrogens (tertiary/aromatic N) is 1. The lowest BCUT2D eigenvalue weighted by Crippen LogP contribution is -2.26. The Bertz CT molecular complexity index is 604. The predicted octanol–water partition coefficient (Wildman–Crippen LogP) is 1.52. The lowest BCUT2D eigenvalue weighted by molar-refractivity contribution is 0.0601. The minimum atomic E-state index is -3.79. The minimum Gasteiger partial charge on any atom is -0.465 e. The molecule has 1 aromatic rings. The SMILES string of the molecule is CCC(C#N)S(=O)(=O)Nc1cccc(C(=O)OC)c1. The van der Waals surface area contributed by atoms with E-state index in [1.807, 2.05) is 0 Å². The third-order valence-electron chi connectivity index (χ3n) is 2.43. The van der Waals surface area contributed by atoms with E-state index in [0.29, 0.717) is 0 Å². The highest BCUT2D eigenvalue weighted by Crippen LogP contribution is 2.16. The molecule has 7 heteroatoms. The summed E-state index contributed by atoms with van der Waals surface area (Å²) in [7, 11) is -2.55. The van der Waals surface area contributed by atoms with Crippen LogP contribution in [0.4, 0.5) is 5.69 Å². The molecule has 0 heterocycles. The van der Waals surface area contributed by atoms with Gasteiger partial charge < -0.3 is 4.74 Å². The van der Waals surface area contributed by atoms with Crippen LogP contribution in [0.25, 0.3) is 0 Å². The number of carbonyl (C=O) groups is 1. The second-order valence-electron chi connectivity index (χ2n) is 3.75. The number of benzene rings is 1. The maximum atomic E-state index is 11.9. The van der Waals surface area contributed by atoms with Gasteiger partial charge in [-0.15, -0.1) is 0 Å². The molecule has 0 amide bonds. The number of sulfonamides is 1. The summed E-state index contributed by atoms with van der Waals surface area (Å²) in [6, 6.07) is 7.60. The van der Waals surface area contributed by atoms with Gasteiger partial charge in [0.1, 0.15) is 0 Å². The van der Waals surface area contributed by atoms with Crippen LogP contribution in [0.1, 0.15) is 23.7 Å². The van der Waals surface area contributed by atoms with Crippen molar-refractivity contribution in [3.8, 4) is 6.07 Å². The molecule has 1 aromatic carbocycles.